The summed E-state index contributed by atoms with van der Waals surface area (Å²) in [5.74, 6) is -0.455. The van der Waals surface area contributed by atoms with Crippen molar-refractivity contribution < 1.29 is 23.5 Å². The average molecular weight is 505 g/mol. The minimum absolute atomic E-state index is 0.186. The van der Waals surface area contributed by atoms with Crippen molar-refractivity contribution in [3.63, 3.8) is 0 Å². The van der Waals surface area contributed by atoms with Crippen LogP contribution in [0.2, 0.25) is 0 Å². The van der Waals surface area contributed by atoms with E-state index in [1.165, 1.54) is 12.1 Å². The van der Waals surface area contributed by atoms with Gasteiger partial charge in [0.05, 0.1) is 0 Å². The molecule has 2 aromatic heterocycles. The summed E-state index contributed by atoms with van der Waals surface area (Å²) in [4.78, 5) is 41.1. The minimum Gasteiger partial charge on any atom is -0.444 e. The zero-order chi connectivity index (χ0) is 26.6. The van der Waals surface area contributed by atoms with Gasteiger partial charge >= 0.3 is 17.7 Å². The van der Waals surface area contributed by atoms with Gasteiger partial charge in [0.25, 0.3) is 0 Å². The van der Waals surface area contributed by atoms with Crippen LogP contribution in [0.3, 0.4) is 0 Å². The summed E-state index contributed by atoms with van der Waals surface area (Å²) in [6.07, 6.45) is 3.97. The molecule has 8 nitrogen and oxygen atoms in total. The number of benzene rings is 2. The third-order valence-electron chi connectivity index (χ3n) is 5.89. The molecule has 2 heterocycles. The molecular weight excluding hydrogens is 472 g/mol. The Balaban J connectivity index is 1.60. The molecule has 0 aliphatic rings. The lowest BCUT2D eigenvalue weighted by molar-refractivity contribution is -0.136. The van der Waals surface area contributed by atoms with E-state index in [9.17, 15) is 14.4 Å². The maximum Gasteiger partial charge on any atom is 0.408 e. The number of unbranched alkanes of at least 4 members (excludes halogenated alkanes) is 1. The molecule has 0 bridgehead atoms. The van der Waals surface area contributed by atoms with Crippen molar-refractivity contribution in [1.29, 1.82) is 0 Å². The predicted octanol–water partition coefficient (Wildman–Crippen LogP) is 5.66. The largest absolute Gasteiger partial charge is 0.444 e. The van der Waals surface area contributed by atoms with Gasteiger partial charge in [-0.2, -0.15) is 0 Å². The van der Waals surface area contributed by atoms with E-state index in [2.05, 4.69) is 17.2 Å². The Morgan fingerprint density at radius 3 is 2.59 bits per heavy atom. The van der Waals surface area contributed by atoms with Crippen molar-refractivity contribution >= 4 is 33.9 Å². The molecule has 194 valence electrons. The number of ether oxygens (including phenoxy) is 2. The lowest BCUT2D eigenvalue weighted by Gasteiger charge is -2.23. The van der Waals surface area contributed by atoms with E-state index in [1.807, 2.05) is 30.5 Å². The molecule has 2 N–H and O–H groups in total. The SMILES string of the molecule is CCCCc1cc(=O)oc2cc(OC(=O)C(Cc3c[nH]c4ccccc34)NC(=O)OC(C)(C)C)ccc12. The van der Waals surface area contributed by atoms with Crippen molar-refractivity contribution in [1.82, 2.24) is 10.3 Å². The second kappa shape index (κ2) is 10.9. The second-order valence-corrected chi connectivity index (χ2v) is 10.0. The summed E-state index contributed by atoms with van der Waals surface area (Å²) in [5, 5.41) is 4.40. The molecule has 37 heavy (non-hydrogen) atoms. The molecule has 1 amide bonds. The Kier molecular flexibility index (Phi) is 7.66. The highest BCUT2D eigenvalue weighted by Gasteiger charge is 2.27. The Hall–Kier alpha value is -4.07. The highest BCUT2D eigenvalue weighted by Crippen LogP contribution is 2.25. The number of para-hydroxylation sites is 1. The molecule has 0 fully saturated rings. The summed E-state index contributed by atoms with van der Waals surface area (Å²) in [5.41, 5.74) is 1.83. The van der Waals surface area contributed by atoms with Crippen LogP contribution in [0.5, 0.6) is 5.75 Å². The van der Waals surface area contributed by atoms with Gasteiger partial charge in [-0.15, -0.1) is 0 Å². The van der Waals surface area contributed by atoms with Gasteiger partial charge in [-0.3, -0.25) is 0 Å². The molecule has 0 spiro atoms. The van der Waals surface area contributed by atoms with Crippen LogP contribution in [0, 0.1) is 0 Å². The Morgan fingerprint density at radius 2 is 1.84 bits per heavy atom. The van der Waals surface area contributed by atoms with Gasteiger partial charge in [-0.1, -0.05) is 31.5 Å². The monoisotopic (exact) mass is 504 g/mol. The molecule has 8 heteroatoms. The topological polar surface area (TPSA) is 111 Å². The first-order valence-corrected chi connectivity index (χ1v) is 12.5. The summed E-state index contributed by atoms with van der Waals surface area (Å²) >= 11 is 0. The number of esters is 1. The van der Waals surface area contributed by atoms with Crippen LogP contribution in [-0.2, 0) is 22.4 Å². The van der Waals surface area contributed by atoms with Crippen molar-refractivity contribution in [2.45, 2.75) is 65.0 Å². The predicted molar refractivity (Wildman–Crippen MR) is 142 cm³/mol. The quantitative estimate of drug-likeness (QED) is 0.182. The van der Waals surface area contributed by atoms with Gasteiger partial charge in [0, 0.05) is 41.0 Å². The number of H-pyrrole nitrogens is 1. The van der Waals surface area contributed by atoms with Crippen LogP contribution in [0.15, 0.2) is 63.9 Å². The number of aryl methyl sites for hydroxylation is 1. The number of hydrogen-bond acceptors (Lipinski definition) is 6. The zero-order valence-corrected chi connectivity index (χ0v) is 21.6. The molecule has 0 radical (unpaired) electrons. The van der Waals surface area contributed by atoms with E-state index in [0.29, 0.717) is 5.58 Å². The van der Waals surface area contributed by atoms with E-state index in [0.717, 1.165) is 46.7 Å². The molecule has 4 aromatic rings. The molecule has 1 unspecified atom stereocenters. The number of rotatable bonds is 8. The third kappa shape index (κ3) is 6.58. The minimum atomic E-state index is -1.02. The van der Waals surface area contributed by atoms with Crippen molar-refractivity contribution in [2.75, 3.05) is 0 Å². The Labute approximate surface area is 215 Å². The standard InChI is InChI=1S/C29H32N2O6/c1-5-6-9-18-15-26(32)36-25-16-20(12-13-22(18)25)35-27(33)24(31-28(34)37-29(2,3)4)14-19-17-30-23-11-8-7-10-21(19)23/h7-8,10-13,15-17,24,30H,5-6,9,14H2,1-4H3,(H,31,34). The average Bonchev–Trinajstić information content (AvgIpc) is 3.23. The first-order valence-electron chi connectivity index (χ1n) is 12.5. The fourth-order valence-corrected chi connectivity index (χ4v) is 4.20. The van der Waals surface area contributed by atoms with E-state index < -0.39 is 29.3 Å². The Bertz CT molecular complexity index is 1480. The number of amides is 1. The normalized spacial score (nSPS) is 12.4. The number of alkyl carbamates (subject to hydrolysis) is 1. The number of fused-ring (bicyclic) bond motifs is 2. The second-order valence-electron chi connectivity index (χ2n) is 10.0. The molecule has 1 atom stereocenters. The van der Waals surface area contributed by atoms with Crippen LogP contribution < -0.4 is 15.7 Å². The van der Waals surface area contributed by atoms with Crippen molar-refractivity contribution in [3.8, 4) is 5.75 Å². The van der Waals surface area contributed by atoms with Gasteiger partial charge < -0.3 is 24.2 Å². The number of aromatic nitrogens is 1. The van der Waals surface area contributed by atoms with Gasteiger partial charge in [-0.25, -0.2) is 14.4 Å². The summed E-state index contributed by atoms with van der Waals surface area (Å²) < 4.78 is 16.4. The van der Waals surface area contributed by atoms with Crippen LogP contribution in [0.4, 0.5) is 4.79 Å². The number of aromatic amines is 1. The molecule has 4 rings (SSSR count). The first-order chi connectivity index (χ1) is 17.6. The van der Waals surface area contributed by atoms with E-state index in [4.69, 9.17) is 13.9 Å². The van der Waals surface area contributed by atoms with Crippen LogP contribution in [-0.4, -0.2) is 28.7 Å². The lowest BCUT2D eigenvalue weighted by Crippen LogP contribution is -2.46. The summed E-state index contributed by atoms with van der Waals surface area (Å²) in [6, 6.07) is 13.2. The first kappa shape index (κ1) is 26.0. The summed E-state index contributed by atoms with van der Waals surface area (Å²) in [7, 11) is 0. The van der Waals surface area contributed by atoms with Crippen LogP contribution >= 0.6 is 0 Å². The smallest absolute Gasteiger partial charge is 0.408 e. The van der Waals surface area contributed by atoms with E-state index >= 15 is 0 Å². The number of nitrogens with one attached hydrogen (secondary N) is 2. The maximum absolute atomic E-state index is 13.3. The van der Waals surface area contributed by atoms with Crippen LogP contribution in [0.1, 0.15) is 51.7 Å². The number of hydrogen-bond donors (Lipinski definition) is 2. The van der Waals surface area contributed by atoms with E-state index in [-0.39, 0.29) is 12.2 Å². The highest BCUT2D eigenvalue weighted by molar-refractivity contribution is 5.88. The fraction of sp³-hybridized carbons (Fsp3) is 0.345. The van der Waals surface area contributed by atoms with Gasteiger partial charge in [0.15, 0.2) is 0 Å². The fourth-order valence-electron chi connectivity index (χ4n) is 4.20. The van der Waals surface area contributed by atoms with Crippen molar-refractivity contribution in [3.05, 3.63) is 76.3 Å². The molecule has 0 aliphatic carbocycles. The van der Waals surface area contributed by atoms with E-state index in [1.54, 1.807) is 32.9 Å². The van der Waals surface area contributed by atoms with Crippen LogP contribution in [0.25, 0.3) is 21.9 Å². The molecule has 0 saturated heterocycles. The molecule has 2 aromatic carbocycles. The van der Waals surface area contributed by atoms with Gasteiger partial charge in [-0.05, 0) is 62.9 Å². The highest BCUT2D eigenvalue weighted by atomic mass is 16.6. The number of carbonyl (C=O) groups is 2. The maximum atomic E-state index is 13.3. The number of carbonyl (C=O) groups excluding carboxylic acids is 2. The summed E-state index contributed by atoms with van der Waals surface area (Å²) in [6.45, 7) is 7.33. The van der Waals surface area contributed by atoms with Crippen molar-refractivity contribution in [2.24, 2.45) is 0 Å². The Morgan fingerprint density at radius 1 is 1.05 bits per heavy atom. The molecular formula is C29H32N2O6. The molecule has 0 saturated carbocycles. The van der Waals surface area contributed by atoms with Gasteiger partial charge in [0.1, 0.15) is 23.0 Å². The third-order valence-corrected chi connectivity index (χ3v) is 5.89. The lowest BCUT2D eigenvalue weighted by atomic mass is 10.0. The molecule has 0 aliphatic heterocycles. The van der Waals surface area contributed by atoms with Gasteiger partial charge in [0.2, 0.25) is 0 Å². The zero-order valence-electron chi connectivity index (χ0n) is 21.6.